The van der Waals surface area contributed by atoms with Crippen molar-refractivity contribution in [3.05, 3.63) is 29.3 Å². The van der Waals surface area contributed by atoms with Gasteiger partial charge in [-0.2, -0.15) is 0 Å². The monoisotopic (exact) mass is 246 g/mol. The molecule has 1 amide bonds. The van der Waals surface area contributed by atoms with Crippen molar-refractivity contribution in [1.29, 1.82) is 0 Å². The molecule has 0 spiro atoms. The van der Waals surface area contributed by atoms with Crippen molar-refractivity contribution in [2.24, 2.45) is 0 Å². The van der Waals surface area contributed by atoms with Gasteiger partial charge in [-0.25, -0.2) is 0 Å². The van der Waals surface area contributed by atoms with Crippen molar-refractivity contribution in [3.63, 3.8) is 0 Å². The largest absolute Gasteiger partial charge is 0.399 e. The van der Waals surface area contributed by atoms with Crippen LogP contribution in [0.25, 0.3) is 0 Å². The summed E-state index contributed by atoms with van der Waals surface area (Å²) in [6.07, 6.45) is 3.42. The zero-order valence-corrected chi connectivity index (χ0v) is 11.4. The molecule has 1 aliphatic heterocycles. The molecule has 18 heavy (non-hydrogen) atoms. The zero-order chi connectivity index (χ0) is 13.3. The Morgan fingerprint density at radius 2 is 1.89 bits per heavy atom. The predicted octanol–water partition coefficient (Wildman–Crippen LogP) is 2.98. The molecule has 1 aliphatic rings. The maximum absolute atomic E-state index is 12.6. The van der Waals surface area contributed by atoms with Crippen molar-refractivity contribution < 1.29 is 4.79 Å². The topological polar surface area (TPSA) is 46.3 Å². The standard InChI is InChI=1S/C15H22N2O/c1-10-9-13(16)7-8-14(10)15(18)17-11(2)5-4-6-12(17)3/h7-9,11-12H,4-6,16H2,1-3H3/t11-,12+. The Balaban J connectivity index is 2.29. The van der Waals surface area contributed by atoms with Gasteiger partial charge in [-0.15, -0.1) is 0 Å². The fourth-order valence-electron chi connectivity index (χ4n) is 2.89. The van der Waals surface area contributed by atoms with Gasteiger partial charge in [0.25, 0.3) is 5.91 Å². The van der Waals surface area contributed by atoms with Crippen LogP contribution in [0.2, 0.25) is 0 Å². The SMILES string of the molecule is Cc1cc(N)ccc1C(=O)N1[C@H](C)CCC[C@@H]1C. The molecule has 98 valence electrons. The number of amides is 1. The molecule has 1 aromatic carbocycles. The number of hydrogen-bond donors (Lipinski definition) is 1. The Bertz CT molecular complexity index is 446. The number of benzene rings is 1. The van der Waals surface area contributed by atoms with Gasteiger partial charge in [0, 0.05) is 23.3 Å². The smallest absolute Gasteiger partial charge is 0.254 e. The lowest BCUT2D eigenvalue weighted by Gasteiger charge is -2.39. The quantitative estimate of drug-likeness (QED) is 0.774. The molecule has 2 atom stereocenters. The summed E-state index contributed by atoms with van der Waals surface area (Å²) >= 11 is 0. The first-order chi connectivity index (χ1) is 8.50. The third-order valence-corrected chi connectivity index (χ3v) is 3.91. The minimum atomic E-state index is 0.146. The maximum Gasteiger partial charge on any atom is 0.254 e. The van der Waals surface area contributed by atoms with Crippen molar-refractivity contribution in [2.75, 3.05) is 5.73 Å². The van der Waals surface area contributed by atoms with Gasteiger partial charge in [0.15, 0.2) is 0 Å². The van der Waals surface area contributed by atoms with Crippen LogP contribution in [0.15, 0.2) is 18.2 Å². The average Bonchev–Trinajstić information content (AvgIpc) is 2.28. The lowest BCUT2D eigenvalue weighted by atomic mass is 9.95. The van der Waals surface area contributed by atoms with Crippen LogP contribution in [0.1, 0.15) is 49.0 Å². The van der Waals surface area contributed by atoms with E-state index in [9.17, 15) is 4.79 Å². The number of aryl methyl sites for hydroxylation is 1. The van der Waals surface area contributed by atoms with Gasteiger partial charge >= 0.3 is 0 Å². The average molecular weight is 246 g/mol. The van der Waals surface area contributed by atoms with E-state index in [4.69, 9.17) is 5.73 Å². The number of nitrogens with zero attached hydrogens (tertiary/aromatic N) is 1. The molecule has 0 aliphatic carbocycles. The van der Waals surface area contributed by atoms with Crippen LogP contribution in [-0.4, -0.2) is 22.9 Å². The first-order valence-corrected chi connectivity index (χ1v) is 6.69. The second-order valence-corrected chi connectivity index (χ2v) is 5.42. The number of carbonyl (C=O) groups is 1. The van der Waals surface area contributed by atoms with E-state index in [0.29, 0.717) is 17.8 Å². The van der Waals surface area contributed by atoms with E-state index in [1.807, 2.05) is 24.0 Å². The van der Waals surface area contributed by atoms with Gasteiger partial charge in [0.1, 0.15) is 0 Å². The molecule has 1 fully saturated rings. The van der Waals surface area contributed by atoms with Crippen LogP contribution >= 0.6 is 0 Å². The van der Waals surface area contributed by atoms with Crippen LogP contribution in [0.5, 0.6) is 0 Å². The number of likely N-dealkylation sites (tertiary alicyclic amines) is 1. The Morgan fingerprint density at radius 1 is 1.28 bits per heavy atom. The summed E-state index contributed by atoms with van der Waals surface area (Å²) in [5, 5.41) is 0. The van der Waals surface area contributed by atoms with Crippen LogP contribution in [-0.2, 0) is 0 Å². The minimum absolute atomic E-state index is 0.146. The van der Waals surface area contributed by atoms with Crippen LogP contribution in [0, 0.1) is 6.92 Å². The minimum Gasteiger partial charge on any atom is -0.399 e. The molecule has 0 aromatic heterocycles. The number of anilines is 1. The number of piperidine rings is 1. The fourth-order valence-corrected chi connectivity index (χ4v) is 2.89. The Kier molecular flexibility index (Phi) is 3.60. The molecule has 2 rings (SSSR count). The molecule has 0 radical (unpaired) electrons. The van der Waals surface area contributed by atoms with Crippen molar-refractivity contribution >= 4 is 11.6 Å². The Hall–Kier alpha value is -1.51. The summed E-state index contributed by atoms with van der Waals surface area (Å²) < 4.78 is 0. The third-order valence-electron chi connectivity index (χ3n) is 3.91. The van der Waals surface area contributed by atoms with Crippen molar-refractivity contribution in [1.82, 2.24) is 4.90 Å². The lowest BCUT2D eigenvalue weighted by molar-refractivity contribution is 0.0510. The molecule has 2 N–H and O–H groups in total. The number of nitrogens with two attached hydrogens (primary N) is 1. The molecule has 1 saturated heterocycles. The molecular weight excluding hydrogens is 224 g/mol. The van der Waals surface area contributed by atoms with Gasteiger partial charge in [-0.1, -0.05) is 0 Å². The summed E-state index contributed by atoms with van der Waals surface area (Å²) in [6.45, 7) is 6.23. The van der Waals surface area contributed by atoms with E-state index in [2.05, 4.69) is 13.8 Å². The van der Waals surface area contributed by atoms with E-state index in [1.54, 1.807) is 6.07 Å². The Morgan fingerprint density at radius 3 is 2.44 bits per heavy atom. The van der Waals surface area contributed by atoms with Crippen molar-refractivity contribution in [2.45, 2.75) is 52.1 Å². The zero-order valence-electron chi connectivity index (χ0n) is 11.4. The van der Waals surface area contributed by atoms with E-state index in [-0.39, 0.29) is 5.91 Å². The number of hydrogen-bond acceptors (Lipinski definition) is 2. The normalized spacial score (nSPS) is 24.1. The van der Waals surface area contributed by atoms with E-state index in [0.717, 1.165) is 24.0 Å². The lowest BCUT2D eigenvalue weighted by Crippen LogP contribution is -2.47. The first-order valence-electron chi connectivity index (χ1n) is 6.69. The fraction of sp³-hybridized carbons (Fsp3) is 0.533. The molecule has 0 saturated carbocycles. The van der Waals surface area contributed by atoms with E-state index in [1.165, 1.54) is 6.42 Å². The highest BCUT2D eigenvalue weighted by Gasteiger charge is 2.30. The first kappa shape index (κ1) is 12.9. The van der Waals surface area contributed by atoms with Gasteiger partial charge in [0.2, 0.25) is 0 Å². The second kappa shape index (κ2) is 5.01. The second-order valence-electron chi connectivity index (χ2n) is 5.42. The molecular formula is C15H22N2O. The highest BCUT2D eigenvalue weighted by atomic mass is 16.2. The number of carbonyl (C=O) groups excluding carboxylic acids is 1. The van der Waals surface area contributed by atoms with Gasteiger partial charge in [-0.3, -0.25) is 4.79 Å². The van der Waals surface area contributed by atoms with E-state index >= 15 is 0 Å². The maximum atomic E-state index is 12.6. The van der Waals surface area contributed by atoms with Gasteiger partial charge < -0.3 is 10.6 Å². The van der Waals surface area contributed by atoms with Crippen LogP contribution in [0.4, 0.5) is 5.69 Å². The van der Waals surface area contributed by atoms with Crippen LogP contribution < -0.4 is 5.73 Å². The van der Waals surface area contributed by atoms with E-state index < -0.39 is 0 Å². The Labute approximate surface area is 109 Å². The summed E-state index contributed by atoms with van der Waals surface area (Å²) in [6, 6.07) is 6.18. The summed E-state index contributed by atoms with van der Waals surface area (Å²) in [5.41, 5.74) is 8.19. The predicted molar refractivity (Wildman–Crippen MR) is 74.5 cm³/mol. The highest BCUT2D eigenvalue weighted by molar-refractivity contribution is 5.96. The molecule has 1 aromatic rings. The van der Waals surface area contributed by atoms with Crippen molar-refractivity contribution in [3.8, 4) is 0 Å². The summed E-state index contributed by atoms with van der Waals surface area (Å²) in [5.74, 6) is 0.146. The summed E-state index contributed by atoms with van der Waals surface area (Å²) in [7, 11) is 0. The highest BCUT2D eigenvalue weighted by Crippen LogP contribution is 2.26. The van der Waals surface area contributed by atoms with Gasteiger partial charge in [0.05, 0.1) is 0 Å². The number of nitrogen functional groups attached to an aromatic ring is 1. The molecule has 1 heterocycles. The molecule has 0 bridgehead atoms. The molecule has 3 nitrogen and oxygen atoms in total. The molecule has 3 heteroatoms. The third kappa shape index (κ3) is 2.35. The van der Waals surface area contributed by atoms with Crippen LogP contribution in [0.3, 0.4) is 0 Å². The summed E-state index contributed by atoms with van der Waals surface area (Å²) in [4.78, 5) is 14.7. The molecule has 0 unspecified atom stereocenters. The van der Waals surface area contributed by atoms with Gasteiger partial charge in [-0.05, 0) is 63.8 Å². The number of rotatable bonds is 1.